The first kappa shape index (κ1) is 12.7. The third-order valence-corrected chi connectivity index (χ3v) is 2.92. The lowest BCUT2D eigenvalue weighted by Crippen LogP contribution is -2.44. The van der Waals surface area contributed by atoms with Gasteiger partial charge in [-0.25, -0.2) is 0 Å². The van der Waals surface area contributed by atoms with Gasteiger partial charge in [-0.05, 0) is 39.3 Å². The van der Waals surface area contributed by atoms with Crippen molar-refractivity contribution in [3.05, 3.63) is 12.2 Å². The number of hydrogen-bond donors (Lipinski definition) is 1. The summed E-state index contributed by atoms with van der Waals surface area (Å²) >= 11 is 0. The van der Waals surface area contributed by atoms with E-state index in [1.54, 1.807) is 0 Å². The van der Waals surface area contributed by atoms with Crippen molar-refractivity contribution in [1.29, 1.82) is 0 Å². The molecule has 0 amide bonds. The van der Waals surface area contributed by atoms with Gasteiger partial charge in [-0.15, -0.1) is 0 Å². The van der Waals surface area contributed by atoms with Crippen LogP contribution in [0.1, 0.15) is 39.5 Å². The highest BCUT2D eigenvalue weighted by atomic mass is 15.1. The Hall–Kier alpha value is -0.340. The summed E-state index contributed by atoms with van der Waals surface area (Å²) < 4.78 is 0. The van der Waals surface area contributed by atoms with Gasteiger partial charge in [-0.2, -0.15) is 0 Å². The Morgan fingerprint density at radius 3 is 2.80 bits per heavy atom. The molecule has 1 aliphatic heterocycles. The minimum Gasteiger partial charge on any atom is -0.313 e. The van der Waals surface area contributed by atoms with E-state index in [9.17, 15) is 0 Å². The van der Waals surface area contributed by atoms with Crippen molar-refractivity contribution in [2.45, 2.75) is 45.6 Å². The van der Waals surface area contributed by atoms with Gasteiger partial charge in [0.25, 0.3) is 0 Å². The second kappa shape index (κ2) is 7.02. The lowest BCUT2D eigenvalue weighted by molar-refractivity contribution is 0.239. The monoisotopic (exact) mass is 210 g/mol. The van der Waals surface area contributed by atoms with Gasteiger partial charge in [0.15, 0.2) is 0 Å². The Labute approximate surface area is 94.7 Å². The first-order valence-corrected chi connectivity index (χ1v) is 6.32. The maximum absolute atomic E-state index is 4.01. The molecule has 0 spiro atoms. The van der Waals surface area contributed by atoms with E-state index in [0.717, 1.165) is 6.54 Å². The molecule has 1 N–H and O–H groups in total. The zero-order valence-electron chi connectivity index (χ0n) is 10.4. The molecule has 0 radical (unpaired) electrons. The van der Waals surface area contributed by atoms with Crippen LogP contribution in [-0.2, 0) is 0 Å². The maximum Gasteiger partial charge on any atom is 0.0195 e. The standard InChI is InChI=1S/C13H26N2/c1-4-9-15(10-12(2)3)11-13-7-5-6-8-14-13/h13-14H,2,4-11H2,1,3H3. The molecule has 0 aromatic carbocycles. The van der Waals surface area contributed by atoms with Crippen LogP contribution < -0.4 is 5.32 Å². The molecule has 88 valence electrons. The molecule has 1 heterocycles. The van der Waals surface area contributed by atoms with Gasteiger partial charge < -0.3 is 5.32 Å². The van der Waals surface area contributed by atoms with E-state index < -0.39 is 0 Å². The molecule has 0 bridgehead atoms. The summed E-state index contributed by atoms with van der Waals surface area (Å²) in [6.45, 7) is 13.0. The van der Waals surface area contributed by atoms with Gasteiger partial charge in [0.1, 0.15) is 0 Å². The van der Waals surface area contributed by atoms with E-state index in [1.165, 1.54) is 50.9 Å². The molecular weight excluding hydrogens is 184 g/mol. The lowest BCUT2D eigenvalue weighted by atomic mass is 10.0. The van der Waals surface area contributed by atoms with Gasteiger partial charge in [-0.1, -0.05) is 25.5 Å². The summed E-state index contributed by atoms with van der Waals surface area (Å²) in [4.78, 5) is 2.53. The minimum atomic E-state index is 0.713. The predicted molar refractivity (Wildman–Crippen MR) is 67.2 cm³/mol. The molecule has 1 rings (SSSR count). The lowest BCUT2D eigenvalue weighted by Gasteiger charge is -2.30. The molecule has 15 heavy (non-hydrogen) atoms. The van der Waals surface area contributed by atoms with Gasteiger partial charge in [0.05, 0.1) is 0 Å². The number of nitrogens with one attached hydrogen (secondary N) is 1. The van der Waals surface area contributed by atoms with Crippen LogP contribution in [0.2, 0.25) is 0 Å². The number of piperidine rings is 1. The molecule has 1 fully saturated rings. The first-order chi connectivity index (χ1) is 7.22. The van der Waals surface area contributed by atoms with E-state index in [1.807, 2.05) is 0 Å². The van der Waals surface area contributed by atoms with Crippen LogP contribution in [0.5, 0.6) is 0 Å². The Morgan fingerprint density at radius 2 is 2.27 bits per heavy atom. The molecule has 1 saturated heterocycles. The average Bonchev–Trinajstić information content (AvgIpc) is 2.18. The summed E-state index contributed by atoms with van der Waals surface area (Å²) in [5, 5.41) is 3.61. The molecule has 0 aromatic rings. The molecule has 1 unspecified atom stereocenters. The Morgan fingerprint density at radius 1 is 1.47 bits per heavy atom. The molecule has 0 aliphatic carbocycles. The third-order valence-electron chi connectivity index (χ3n) is 2.92. The van der Waals surface area contributed by atoms with Crippen LogP contribution in [0, 0.1) is 0 Å². The van der Waals surface area contributed by atoms with Gasteiger partial charge >= 0.3 is 0 Å². The van der Waals surface area contributed by atoms with Crippen molar-refractivity contribution < 1.29 is 0 Å². The Bertz CT molecular complexity index is 183. The SMILES string of the molecule is C=C(C)CN(CCC)CC1CCCCN1. The number of rotatable bonds is 6. The van der Waals surface area contributed by atoms with Crippen molar-refractivity contribution in [2.75, 3.05) is 26.2 Å². The zero-order valence-corrected chi connectivity index (χ0v) is 10.4. The second-order valence-electron chi connectivity index (χ2n) is 4.84. The quantitative estimate of drug-likeness (QED) is 0.677. The fraction of sp³-hybridized carbons (Fsp3) is 0.846. The molecule has 0 aromatic heterocycles. The van der Waals surface area contributed by atoms with Gasteiger partial charge in [0, 0.05) is 19.1 Å². The summed E-state index contributed by atoms with van der Waals surface area (Å²) in [5.74, 6) is 0. The Balaban J connectivity index is 2.31. The molecule has 2 nitrogen and oxygen atoms in total. The van der Waals surface area contributed by atoms with Crippen molar-refractivity contribution in [3.63, 3.8) is 0 Å². The van der Waals surface area contributed by atoms with E-state index in [0.29, 0.717) is 6.04 Å². The van der Waals surface area contributed by atoms with Crippen LogP contribution in [0.3, 0.4) is 0 Å². The normalized spacial score (nSPS) is 21.9. The van der Waals surface area contributed by atoms with Crippen LogP contribution in [0.25, 0.3) is 0 Å². The van der Waals surface area contributed by atoms with E-state index in [2.05, 4.69) is 30.6 Å². The summed E-state index contributed by atoms with van der Waals surface area (Å²) in [5.41, 5.74) is 1.28. The smallest absolute Gasteiger partial charge is 0.0195 e. The molecule has 1 aliphatic rings. The highest BCUT2D eigenvalue weighted by Crippen LogP contribution is 2.09. The number of nitrogens with zero attached hydrogens (tertiary/aromatic N) is 1. The first-order valence-electron chi connectivity index (χ1n) is 6.32. The Kier molecular flexibility index (Phi) is 5.96. The van der Waals surface area contributed by atoms with E-state index >= 15 is 0 Å². The van der Waals surface area contributed by atoms with Gasteiger partial charge in [0.2, 0.25) is 0 Å². The molecule has 0 saturated carbocycles. The molecule has 1 atom stereocenters. The molecule has 2 heteroatoms. The minimum absolute atomic E-state index is 0.713. The average molecular weight is 210 g/mol. The number of hydrogen-bond acceptors (Lipinski definition) is 2. The van der Waals surface area contributed by atoms with Crippen LogP contribution in [0.4, 0.5) is 0 Å². The molecular formula is C13H26N2. The zero-order chi connectivity index (χ0) is 11.1. The topological polar surface area (TPSA) is 15.3 Å². The summed E-state index contributed by atoms with van der Waals surface area (Å²) in [6.07, 6.45) is 5.33. The predicted octanol–water partition coefficient (Wildman–Crippen LogP) is 2.42. The second-order valence-corrected chi connectivity index (χ2v) is 4.84. The van der Waals surface area contributed by atoms with Crippen molar-refractivity contribution >= 4 is 0 Å². The summed E-state index contributed by atoms with van der Waals surface area (Å²) in [6, 6.07) is 0.713. The van der Waals surface area contributed by atoms with Gasteiger partial charge in [-0.3, -0.25) is 4.90 Å². The van der Waals surface area contributed by atoms with Crippen LogP contribution in [-0.4, -0.2) is 37.1 Å². The fourth-order valence-electron chi connectivity index (χ4n) is 2.32. The van der Waals surface area contributed by atoms with Crippen molar-refractivity contribution in [2.24, 2.45) is 0 Å². The van der Waals surface area contributed by atoms with Crippen molar-refractivity contribution in [3.8, 4) is 0 Å². The highest BCUT2D eigenvalue weighted by Gasteiger charge is 2.15. The van der Waals surface area contributed by atoms with Crippen LogP contribution in [0.15, 0.2) is 12.2 Å². The van der Waals surface area contributed by atoms with E-state index in [4.69, 9.17) is 0 Å². The van der Waals surface area contributed by atoms with Crippen molar-refractivity contribution in [1.82, 2.24) is 10.2 Å². The van der Waals surface area contributed by atoms with Crippen LogP contribution >= 0.6 is 0 Å². The highest BCUT2D eigenvalue weighted by molar-refractivity contribution is 4.92. The van der Waals surface area contributed by atoms with E-state index in [-0.39, 0.29) is 0 Å². The maximum atomic E-state index is 4.01. The fourth-order valence-corrected chi connectivity index (χ4v) is 2.32. The third kappa shape index (κ3) is 5.33. The summed E-state index contributed by atoms with van der Waals surface area (Å²) in [7, 11) is 0. The largest absolute Gasteiger partial charge is 0.313 e.